The maximum atomic E-state index is 11.8. The van der Waals surface area contributed by atoms with Crippen LogP contribution in [0.4, 0.5) is 11.4 Å². The number of nitro benzene ring substituents is 1. The number of hydrogen-bond acceptors (Lipinski definition) is 6. The summed E-state index contributed by atoms with van der Waals surface area (Å²) in [6.45, 7) is 2.32. The molecule has 0 radical (unpaired) electrons. The Morgan fingerprint density at radius 1 is 1.52 bits per heavy atom. The van der Waals surface area contributed by atoms with E-state index in [1.54, 1.807) is 6.92 Å². The summed E-state index contributed by atoms with van der Waals surface area (Å²) in [5, 5.41) is 16.4. The van der Waals surface area contributed by atoms with E-state index in [1.807, 2.05) is 0 Å². The molecule has 1 amide bonds. The van der Waals surface area contributed by atoms with Gasteiger partial charge < -0.3 is 15.4 Å². The second kappa shape index (κ2) is 7.95. The van der Waals surface area contributed by atoms with Crippen molar-refractivity contribution in [1.82, 2.24) is 5.32 Å². The second-order valence-corrected chi connectivity index (χ2v) is 4.30. The first-order chi connectivity index (χ1) is 9.99. The SMILES string of the molecule is COCCNC(=O)C(C)Nc1ccc(C=O)cc1[N+](=O)[O-]. The highest BCUT2D eigenvalue weighted by molar-refractivity contribution is 5.86. The minimum absolute atomic E-state index is 0.181. The topological polar surface area (TPSA) is 111 Å². The fourth-order valence-corrected chi connectivity index (χ4v) is 1.62. The molecule has 2 N–H and O–H groups in total. The Hall–Kier alpha value is -2.48. The molecule has 0 saturated carbocycles. The number of carbonyl (C=O) groups is 2. The van der Waals surface area contributed by atoms with Gasteiger partial charge in [0.1, 0.15) is 18.0 Å². The summed E-state index contributed by atoms with van der Waals surface area (Å²) < 4.78 is 4.81. The zero-order valence-electron chi connectivity index (χ0n) is 11.8. The van der Waals surface area contributed by atoms with Gasteiger partial charge in [0.05, 0.1) is 11.5 Å². The number of nitrogens with zero attached hydrogens (tertiary/aromatic N) is 1. The summed E-state index contributed by atoms with van der Waals surface area (Å²) in [5.74, 6) is -0.305. The first kappa shape index (κ1) is 16.6. The molecule has 0 fully saturated rings. The molecular formula is C13H17N3O5. The molecule has 0 aromatic heterocycles. The molecule has 1 aromatic carbocycles. The Kier molecular flexibility index (Phi) is 6.28. The van der Waals surface area contributed by atoms with Crippen molar-refractivity contribution in [2.75, 3.05) is 25.6 Å². The van der Waals surface area contributed by atoms with Gasteiger partial charge in [0.25, 0.3) is 5.69 Å². The third-order valence-electron chi connectivity index (χ3n) is 2.73. The fraction of sp³-hybridized carbons (Fsp3) is 0.385. The normalized spacial score (nSPS) is 11.5. The van der Waals surface area contributed by atoms with Crippen LogP contribution >= 0.6 is 0 Å². The van der Waals surface area contributed by atoms with Crippen molar-refractivity contribution in [2.24, 2.45) is 0 Å². The van der Waals surface area contributed by atoms with Crippen molar-refractivity contribution in [3.05, 3.63) is 33.9 Å². The summed E-state index contributed by atoms with van der Waals surface area (Å²) in [6.07, 6.45) is 0.525. The van der Waals surface area contributed by atoms with E-state index < -0.39 is 11.0 Å². The van der Waals surface area contributed by atoms with Crippen LogP contribution in [0.1, 0.15) is 17.3 Å². The van der Waals surface area contributed by atoms with E-state index in [0.29, 0.717) is 19.4 Å². The predicted octanol–water partition coefficient (Wildman–Crippen LogP) is 0.970. The maximum Gasteiger partial charge on any atom is 0.293 e. The number of amides is 1. The molecule has 0 aliphatic heterocycles. The lowest BCUT2D eigenvalue weighted by molar-refractivity contribution is -0.384. The zero-order chi connectivity index (χ0) is 15.8. The molecule has 8 nitrogen and oxygen atoms in total. The number of carbonyl (C=O) groups excluding carboxylic acids is 2. The number of hydrogen-bond donors (Lipinski definition) is 2. The summed E-state index contributed by atoms with van der Waals surface area (Å²) in [7, 11) is 1.52. The molecule has 21 heavy (non-hydrogen) atoms. The van der Waals surface area contributed by atoms with E-state index in [0.717, 1.165) is 6.07 Å². The molecule has 1 atom stereocenters. The van der Waals surface area contributed by atoms with Crippen LogP contribution in [-0.4, -0.2) is 43.4 Å². The quantitative estimate of drug-likeness (QED) is 0.320. The van der Waals surface area contributed by atoms with Crippen LogP contribution in [0.25, 0.3) is 0 Å². The minimum Gasteiger partial charge on any atom is -0.383 e. The number of anilines is 1. The number of nitro groups is 1. The largest absolute Gasteiger partial charge is 0.383 e. The fourth-order valence-electron chi connectivity index (χ4n) is 1.62. The first-order valence-corrected chi connectivity index (χ1v) is 6.26. The Bertz CT molecular complexity index is 533. The minimum atomic E-state index is -0.664. The van der Waals surface area contributed by atoms with Crippen LogP contribution in [0.3, 0.4) is 0 Å². The molecule has 0 saturated heterocycles. The van der Waals surface area contributed by atoms with E-state index in [2.05, 4.69) is 10.6 Å². The summed E-state index contributed by atoms with van der Waals surface area (Å²) in [6, 6.07) is 3.34. The average Bonchev–Trinajstić information content (AvgIpc) is 2.47. The van der Waals surface area contributed by atoms with Gasteiger partial charge in [-0.2, -0.15) is 0 Å². The lowest BCUT2D eigenvalue weighted by atomic mass is 10.1. The molecule has 0 heterocycles. The Balaban J connectivity index is 2.79. The van der Waals surface area contributed by atoms with Gasteiger partial charge in [0.2, 0.25) is 5.91 Å². The number of methoxy groups -OCH3 is 1. The Morgan fingerprint density at radius 2 is 2.24 bits per heavy atom. The Labute approximate surface area is 121 Å². The molecule has 0 aliphatic carbocycles. The molecule has 114 valence electrons. The van der Waals surface area contributed by atoms with Crippen molar-refractivity contribution < 1.29 is 19.2 Å². The molecule has 1 unspecified atom stereocenters. The smallest absolute Gasteiger partial charge is 0.293 e. The maximum absolute atomic E-state index is 11.8. The van der Waals surface area contributed by atoms with Crippen LogP contribution < -0.4 is 10.6 Å². The number of nitrogens with one attached hydrogen (secondary N) is 2. The third kappa shape index (κ3) is 4.84. The van der Waals surface area contributed by atoms with Crippen molar-refractivity contribution in [3.8, 4) is 0 Å². The molecule has 8 heteroatoms. The van der Waals surface area contributed by atoms with Crippen LogP contribution in [0.2, 0.25) is 0 Å². The Morgan fingerprint density at radius 3 is 2.81 bits per heavy atom. The van der Waals surface area contributed by atoms with Crippen molar-refractivity contribution in [1.29, 1.82) is 0 Å². The number of benzene rings is 1. The molecule has 1 aromatic rings. The van der Waals surface area contributed by atoms with E-state index in [1.165, 1.54) is 19.2 Å². The molecular weight excluding hydrogens is 278 g/mol. The first-order valence-electron chi connectivity index (χ1n) is 6.26. The molecule has 0 aliphatic rings. The summed E-state index contributed by atoms with van der Waals surface area (Å²) in [5.41, 5.74) is 0.126. The van der Waals surface area contributed by atoms with Crippen molar-refractivity contribution in [3.63, 3.8) is 0 Å². The number of rotatable bonds is 8. The van der Waals surface area contributed by atoms with E-state index in [9.17, 15) is 19.7 Å². The van der Waals surface area contributed by atoms with E-state index in [4.69, 9.17) is 4.74 Å². The van der Waals surface area contributed by atoms with Gasteiger partial charge in [-0.25, -0.2) is 0 Å². The van der Waals surface area contributed by atoms with Gasteiger partial charge in [-0.3, -0.25) is 19.7 Å². The van der Waals surface area contributed by atoms with Crippen molar-refractivity contribution in [2.45, 2.75) is 13.0 Å². The zero-order valence-corrected chi connectivity index (χ0v) is 11.8. The van der Waals surface area contributed by atoms with Crippen LogP contribution in [0.15, 0.2) is 18.2 Å². The third-order valence-corrected chi connectivity index (χ3v) is 2.73. The highest BCUT2D eigenvalue weighted by Gasteiger charge is 2.19. The van der Waals surface area contributed by atoms with Gasteiger partial charge in [-0.05, 0) is 19.1 Å². The van der Waals surface area contributed by atoms with Crippen LogP contribution in [0, 0.1) is 10.1 Å². The molecule has 0 bridgehead atoms. The standard InChI is InChI=1S/C13H17N3O5/c1-9(13(18)14-5-6-21-2)15-11-4-3-10(8-17)7-12(11)16(19)20/h3-4,7-9,15H,5-6H2,1-2H3,(H,14,18). The molecule has 0 spiro atoms. The van der Waals surface area contributed by atoms with Gasteiger partial charge in [0.15, 0.2) is 0 Å². The summed E-state index contributed by atoms with van der Waals surface area (Å²) in [4.78, 5) is 32.8. The lowest BCUT2D eigenvalue weighted by Crippen LogP contribution is -2.39. The average molecular weight is 295 g/mol. The summed E-state index contributed by atoms with van der Waals surface area (Å²) >= 11 is 0. The van der Waals surface area contributed by atoms with Gasteiger partial charge in [0, 0.05) is 25.3 Å². The lowest BCUT2D eigenvalue weighted by Gasteiger charge is -2.15. The highest BCUT2D eigenvalue weighted by atomic mass is 16.6. The highest BCUT2D eigenvalue weighted by Crippen LogP contribution is 2.25. The molecule has 1 rings (SSSR count). The number of aldehydes is 1. The van der Waals surface area contributed by atoms with Crippen LogP contribution in [0.5, 0.6) is 0 Å². The van der Waals surface area contributed by atoms with E-state index >= 15 is 0 Å². The predicted molar refractivity (Wildman–Crippen MR) is 76.5 cm³/mol. The van der Waals surface area contributed by atoms with Gasteiger partial charge in [-0.15, -0.1) is 0 Å². The van der Waals surface area contributed by atoms with E-state index in [-0.39, 0.29) is 22.8 Å². The van der Waals surface area contributed by atoms with Gasteiger partial charge >= 0.3 is 0 Å². The van der Waals surface area contributed by atoms with Crippen LogP contribution in [-0.2, 0) is 9.53 Å². The monoisotopic (exact) mass is 295 g/mol. The van der Waals surface area contributed by atoms with Crippen molar-refractivity contribution >= 4 is 23.6 Å². The number of ether oxygens (including phenoxy) is 1. The van der Waals surface area contributed by atoms with Gasteiger partial charge in [-0.1, -0.05) is 0 Å². The second-order valence-electron chi connectivity index (χ2n) is 4.30.